The van der Waals surface area contributed by atoms with E-state index in [-0.39, 0.29) is 0 Å². The lowest BCUT2D eigenvalue weighted by Crippen LogP contribution is -1.98. The van der Waals surface area contributed by atoms with Crippen molar-refractivity contribution in [3.63, 3.8) is 0 Å². The topological polar surface area (TPSA) is 23.8 Å². The van der Waals surface area contributed by atoms with Crippen LogP contribution in [0.3, 0.4) is 0 Å². The van der Waals surface area contributed by atoms with Gasteiger partial charge in [0, 0.05) is 5.57 Å². The predicted octanol–water partition coefficient (Wildman–Crippen LogP) is 5.23. The van der Waals surface area contributed by atoms with Gasteiger partial charge in [-0.1, -0.05) is 57.9 Å². The van der Waals surface area contributed by atoms with Crippen molar-refractivity contribution in [1.29, 1.82) is 5.26 Å². The molecule has 0 aliphatic heterocycles. The van der Waals surface area contributed by atoms with Crippen molar-refractivity contribution in [1.82, 2.24) is 0 Å². The van der Waals surface area contributed by atoms with Gasteiger partial charge in [0.15, 0.2) is 0 Å². The monoisotopic (exact) mass is 221 g/mol. The molecule has 0 spiro atoms. The van der Waals surface area contributed by atoms with Gasteiger partial charge in [-0.15, -0.1) is 0 Å². The van der Waals surface area contributed by atoms with E-state index in [2.05, 4.69) is 26.8 Å². The van der Waals surface area contributed by atoms with Crippen LogP contribution in [0.5, 0.6) is 0 Å². The molecular weight excluding hydrogens is 194 g/mol. The minimum atomic E-state index is 0.575. The molecule has 16 heavy (non-hydrogen) atoms. The molecule has 0 heterocycles. The molecule has 0 aliphatic carbocycles. The molecule has 1 heteroatoms. The van der Waals surface area contributed by atoms with Crippen molar-refractivity contribution in [3.05, 3.63) is 11.1 Å². The Hall–Kier alpha value is -0.770. The van der Waals surface area contributed by atoms with Crippen LogP contribution in [-0.2, 0) is 0 Å². The Morgan fingerprint density at radius 1 is 1.06 bits per heavy atom. The summed E-state index contributed by atoms with van der Waals surface area (Å²) in [5.41, 5.74) is 2.18. The highest BCUT2D eigenvalue weighted by atomic mass is 14.2. The lowest BCUT2D eigenvalue weighted by molar-refractivity contribution is 0.527. The SMILES string of the molecule is CCCCCCCCC(C)/C(C)=C(\C)C#N. The molecule has 0 rings (SSSR count). The smallest absolute Gasteiger partial charge is 0.0943 e. The molecule has 0 radical (unpaired) electrons. The molecule has 1 nitrogen and oxygen atoms in total. The average Bonchev–Trinajstić information content (AvgIpc) is 2.31. The van der Waals surface area contributed by atoms with E-state index in [4.69, 9.17) is 5.26 Å². The van der Waals surface area contributed by atoms with Gasteiger partial charge in [-0.05, 0) is 26.2 Å². The Morgan fingerprint density at radius 3 is 2.19 bits per heavy atom. The molecule has 0 bridgehead atoms. The van der Waals surface area contributed by atoms with Gasteiger partial charge in [0.05, 0.1) is 6.07 Å². The fraction of sp³-hybridized carbons (Fsp3) is 0.800. The Bertz CT molecular complexity index is 245. The molecular formula is C15H27N. The first-order valence-corrected chi connectivity index (χ1v) is 6.70. The van der Waals surface area contributed by atoms with E-state index in [0.717, 1.165) is 5.57 Å². The zero-order chi connectivity index (χ0) is 12.4. The van der Waals surface area contributed by atoms with Crippen LogP contribution in [0.4, 0.5) is 0 Å². The standard InChI is InChI=1S/C15H27N/c1-5-6-7-8-9-10-11-13(2)15(4)14(3)12-16/h13H,5-11H2,1-4H3/b15-14+. The summed E-state index contributed by atoms with van der Waals surface area (Å²) < 4.78 is 0. The summed E-state index contributed by atoms with van der Waals surface area (Å²) in [5.74, 6) is 0.575. The molecule has 0 saturated heterocycles. The number of nitrogens with zero attached hydrogens (tertiary/aromatic N) is 1. The number of nitriles is 1. The van der Waals surface area contributed by atoms with E-state index in [1.165, 1.54) is 50.5 Å². The maximum absolute atomic E-state index is 8.81. The van der Waals surface area contributed by atoms with Crippen molar-refractivity contribution in [2.24, 2.45) is 5.92 Å². The average molecular weight is 221 g/mol. The van der Waals surface area contributed by atoms with Crippen LogP contribution in [0.25, 0.3) is 0 Å². The predicted molar refractivity (Wildman–Crippen MR) is 71.1 cm³/mol. The third kappa shape index (κ3) is 6.67. The van der Waals surface area contributed by atoms with E-state index >= 15 is 0 Å². The van der Waals surface area contributed by atoms with Crippen LogP contribution in [0.15, 0.2) is 11.1 Å². The fourth-order valence-corrected chi connectivity index (χ4v) is 1.91. The van der Waals surface area contributed by atoms with Gasteiger partial charge in [-0.3, -0.25) is 0 Å². The molecule has 0 aromatic carbocycles. The van der Waals surface area contributed by atoms with Crippen molar-refractivity contribution in [2.45, 2.75) is 72.6 Å². The number of allylic oxidation sites excluding steroid dienone is 2. The van der Waals surface area contributed by atoms with Crippen molar-refractivity contribution in [2.75, 3.05) is 0 Å². The molecule has 0 aromatic heterocycles. The van der Waals surface area contributed by atoms with Crippen molar-refractivity contribution >= 4 is 0 Å². The highest BCUT2D eigenvalue weighted by molar-refractivity contribution is 5.25. The van der Waals surface area contributed by atoms with Crippen molar-refractivity contribution in [3.8, 4) is 6.07 Å². The minimum absolute atomic E-state index is 0.575. The highest BCUT2D eigenvalue weighted by Crippen LogP contribution is 2.21. The van der Waals surface area contributed by atoms with Gasteiger partial charge in [0.25, 0.3) is 0 Å². The molecule has 92 valence electrons. The van der Waals surface area contributed by atoms with Crippen LogP contribution in [0.1, 0.15) is 72.6 Å². The van der Waals surface area contributed by atoms with Gasteiger partial charge in [0.1, 0.15) is 0 Å². The number of unbranched alkanes of at least 4 members (excludes halogenated alkanes) is 5. The lowest BCUT2D eigenvalue weighted by Gasteiger charge is -2.12. The summed E-state index contributed by atoms with van der Waals surface area (Å²) in [4.78, 5) is 0. The zero-order valence-corrected chi connectivity index (χ0v) is 11.5. The van der Waals surface area contributed by atoms with Gasteiger partial charge in [-0.2, -0.15) is 5.26 Å². The summed E-state index contributed by atoms with van der Waals surface area (Å²) in [5, 5.41) is 8.81. The van der Waals surface area contributed by atoms with Crippen LogP contribution in [0, 0.1) is 17.2 Å². The van der Waals surface area contributed by atoms with Crippen LogP contribution >= 0.6 is 0 Å². The molecule has 0 aromatic rings. The quantitative estimate of drug-likeness (QED) is 0.406. The Labute approximate surface area is 102 Å². The summed E-state index contributed by atoms with van der Waals surface area (Å²) in [6.07, 6.45) is 9.35. The van der Waals surface area contributed by atoms with Gasteiger partial charge in [-0.25, -0.2) is 0 Å². The minimum Gasteiger partial charge on any atom is -0.193 e. The van der Waals surface area contributed by atoms with E-state index in [0.29, 0.717) is 5.92 Å². The highest BCUT2D eigenvalue weighted by Gasteiger charge is 2.06. The van der Waals surface area contributed by atoms with Crippen molar-refractivity contribution < 1.29 is 0 Å². The molecule has 0 fully saturated rings. The van der Waals surface area contributed by atoms with Gasteiger partial charge < -0.3 is 0 Å². The summed E-state index contributed by atoms with van der Waals surface area (Å²) in [6.45, 7) is 8.51. The maximum atomic E-state index is 8.81. The first-order chi connectivity index (χ1) is 7.63. The maximum Gasteiger partial charge on any atom is 0.0943 e. The van der Waals surface area contributed by atoms with E-state index in [9.17, 15) is 0 Å². The van der Waals surface area contributed by atoms with E-state index < -0.39 is 0 Å². The fourth-order valence-electron chi connectivity index (χ4n) is 1.91. The number of hydrogen-bond donors (Lipinski definition) is 0. The van der Waals surface area contributed by atoms with E-state index in [1.807, 2.05) is 6.92 Å². The third-order valence-corrected chi connectivity index (χ3v) is 3.49. The second kappa shape index (κ2) is 9.46. The largest absolute Gasteiger partial charge is 0.193 e. The Balaban J connectivity index is 3.67. The van der Waals surface area contributed by atoms with Gasteiger partial charge >= 0.3 is 0 Å². The molecule has 0 N–H and O–H groups in total. The number of hydrogen-bond acceptors (Lipinski definition) is 1. The van der Waals surface area contributed by atoms with Crippen LogP contribution in [-0.4, -0.2) is 0 Å². The summed E-state index contributed by atoms with van der Waals surface area (Å²) in [7, 11) is 0. The van der Waals surface area contributed by atoms with Crippen LogP contribution in [0.2, 0.25) is 0 Å². The zero-order valence-electron chi connectivity index (χ0n) is 11.5. The van der Waals surface area contributed by atoms with Gasteiger partial charge in [0.2, 0.25) is 0 Å². The Kier molecular flexibility index (Phi) is 9.00. The molecule has 1 unspecified atom stereocenters. The summed E-state index contributed by atoms with van der Waals surface area (Å²) >= 11 is 0. The summed E-state index contributed by atoms with van der Waals surface area (Å²) in [6, 6.07) is 2.24. The molecule has 0 aliphatic rings. The Morgan fingerprint density at radius 2 is 1.62 bits per heavy atom. The first-order valence-electron chi connectivity index (χ1n) is 6.70. The van der Waals surface area contributed by atoms with E-state index in [1.54, 1.807) is 0 Å². The molecule has 0 amide bonds. The van der Waals surface area contributed by atoms with Crippen LogP contribution < -0.4 is 0 Å². The normalized spacial score (nSPS) is 14.2. The second-order valence-electron chi connectivity index (χ2n) is 4.88. The lowest BCUT2D eigenvalue weighted by atomic mass is 9.93. The second-order valence-corrected chi connectivity index (χ2v) is 4.88. The molecule has 1 atom stereocenters. The number of rotatable bonds is 8. The third-order valence-electron chi connectivity index (χ3n) is 3.49. The molecule has 0 saturated carbocycles. The first kappa shape index (κ1) is 15.2.